The van der Waals surface area contributed by atoms with Crippen LogP contribution in [0.4, 0.5) is 0 Å². The molecule has 8 heteroatoms. The molecule has 0 aliphatic carbocycles. The molecular formula is C21H13BrO7. The first kappa shape index (κ1) is 18.8. The Morgan fingerprint density at radius 1 is 1.07 bits per heavy atom. The summed E-state index contributed by atoms with van der Waals surface area (Å²) >= 11 is 3.37. The number of carboxylic acids is 1. The zero-order valence-corrected chi connectivity index (χ0v) is 16.3. The molecule has 2 aromatic carbocycles. The number of carboxylic acid groups (broad SMARTS) is 1. The van der Waals surface area contributed by atoms with E-state index in [9.17, 15) is 9.59 Å². The number of ether oxygens (including phenoxy) is 2. The average molecular weight is 457 g/mol. The van der Waals surface area contributed by atoms with Crippen molar-refractivity contribution in [1.82, 2.24) is 0 Å². The number of rotatable bonds is 6. The van der Waals surface area contributed by atoms with Gasteiger partial charge in [0.05, 0.1) is 9.86 Å². The zero-order chi connectivity index (χ0) is 20.4. The Morgan fingerprint density at radius 2 is 1.90 bits per heavy atom. The molecule has 0 unspecified atom stereocenters. The second kappa shape index (κ2) is 7.84. The second-order valence-corrected chi connectivity index (χ2v) is 6.83. The number of carbonyl (C=O) groups is 1. The molecule has 0 saturated carbocycles. The number of hydrogen-bond acceptors (Lipinski definition) is 6. The summed E-state index contributed by atoms with van der Waals surface area (Å²) in [6.07, 6.45) is 1.25. The molecule has 0 aliphatic rings. The quantitative estimate of drug-likeness (QED) is 0.424. The van der Waals surface area contributed by atoms with Gasteiger partial charge in [0.25, 0.3) is 0 Å². The van der Waals surface area contributed by atoms with Crippen molar-refractivity contribution in [2.75, 3.05) is 0 Å². The van der Waals surface area contributed by atoms with Gasteiger partial charge in [0.2, 0.25) is 16.9 Å². The number of furan rings is 1. The topological polar surface area (TPSA) is 99.1 Å². The summed E-state index contributed by atoms with van der Waals surface area (Å²) in [5, 5.41) is 9.21. The Balaban J connectivity index is 1.54. The van der Waals surface area contributed by atoms with Crippen molar-refractivity contribution in [3.05, 3.63) is 87.1 Å². The van der Waals surface area contributed by atoms with Gasteiger partial charge >= 0.3 is 5.97 Å². The summed E-state index contributed by atoms with van der Waals surface area (Å²) in [5.41, 5.74) is 0.0170. The lowest BCUT2D eigenvalue weighted by molar-refractivity contribution is 0.0658. The molecule has 4 rings (SSSR count). The van der Waals surface area contributed by atoms with E-state index in [1.54, 1.807) is 36.4 Å². The number of hydrogen-bond donors (Lipinski definition) is 1. The minimum Gasteiger partial charge on any atom is -0.486 e. The largest absolute Gasteiger partial charge is 0.486 e. The zero-order valence-electron chi connectivity index (χ0n) is 14.8. The monoisotopic (exact) mass is 456 g/mol. The second-order valence-electron chi connectivity index (χ2n) is 5.98. The van der Waals surface area contributed by atoms with E-state index in [-0.39, 0.29) is 23.5 Å². The Hall–Kier alpha value is -3.52. The lowest BCUT2D eigenvalue weighted by Crippen LogP contribution is -2.05. The van der Waals surface area contributed by atoms with Gasteiger partial charge < -0.3 is 23.4 Å². The molecule has 0 radical (unpaired) electrons. The van der Waals surface area contributed by atoms with Gasteiger partial charge in [0, 0.05) is 6.07 Å². The van der Waals surface area contributed by atoms with Crippen molar-refractivity contribution >= 4 is 32.9 Å². The van der Waals surface area contributed by atoms with Crippen molar-refractivity contribution in [2.24, 2.45) is 0 Å². The van der Waals surface area contributed by atoms with E-state index in [0.29, 0.717) is 32.7 Å². The van der Waals surface area contributed by atoms with Crippen molar-refractivity contribution < 1.29 is 28.2 Å². The Morgan fingerprint density at radius 3 is 2.66 bits per heavy atom. The highest BCUT2D eigenvalue weighted by Gasteiger charge is 2.13. The molecule has 0 atom stereocenters. The number of aromatic carboxylic acids is 1. The molecule has 2 heterocycles. The molecule has 29 heavy (non-hydrogen) atoms. The fourth-order valence-electron chi connectivity index (χ4n) is 2.62. The van der Waals surface area contributed by atoms with Crippen LogP contribution in [0.2, 0.25) is 0 Å². The lowest BCUT2D eigenvalue weighted by atomic mass is 10.2. The van der Waals surface area contributed by atoms with E-state index in [1.165, 1.54) is 18.4 Å². The van der Waals surface area contributed by atoms with Crippen LogP contribution in [0, 0.1) is 0 Å². The molecule has 0 bridgehead atoms. The predicted octanol–water partition coefficient (Wildman–Crippen LogP) is 5.22. The van der Waals surface area contributed by atoms with Crippen LogP contribution in [-0.4, -0.2) is 11.1 Å². The molecule has 4 aromatic rings. The number of halogens is 1. The van der Waals surface area contributed by atoms with E-state index in [0.717, 1.165) is 0 Å². The van der Waals surface area contributed by atoms with Crippen molar-refractivity contribution in [3.63, 3.8) is 0 Å². The molecule has 7 nitrogen and oxygen atoms in total. The maximum Gasteiger partial charge on any atom is 0.371 e. The van der Waals surface area contributed by atoms with Gasteiger partial charge in [0.15, 0.2) is 0 Å². The highest BCUT2D eigenvalue weighted by Crippen LogP contribution is 2.29. The van der Waals surface area contributed by atoms with Crippen molar-refractivity contribution in [2.45, 2.75) is 6.61 Å². The standard InChI is InChI=1S/C21H13BrO7/c22-15-3-1-2-4-16(15)29-19-11-27-18-9-12(5-7-14(18)20(19)23)26-10-13-6-8-17(28-13)21(24)25/h1-9,11H,10H2,(H,24,25). The third kappa shape index (κ3) is 4.02. The Kier molecular flexibility index (Phi) is 5.09. The fraction of sp³-hybridized carbons (Fsp3) is 0.0476. The number of fused-ring (bicyclic) bond motifs is 1. The SMILES string of the molecule is O=C(O)c1ccc(COc2ccc3c(=O)c(Oc4ccccc4Br)coc3c2)o1. The Bertz CT molecular complexity index is 1260. The van der Waals surface area contributed by atoms with Gasteiger partial charge in [-0.25, -0.2) is 4.79 Å². The van der Waals surface area contributed by atoms with Gasteiger partial charge in [0.1, 0.15) is 35.7 Å². The molecule has 2 aromatic heterocycles. The van der Waals surface area contributed by atoms with Crippen molar-refractivity contribution in [3.8, 4) is 17.2 Å². The molecule has 0 aliphatic heterocycles. The third-order valence-corrected chi connectivity index (χ3v) is 4.68. The average Bonchev–Trinajstić information content (AvgIpc) is 3.19. The van der Waals surface area contributed by atoms with E-state index < -0.39 is 5.97 Å². The van der Waals surface area contributed by atoms with Crippen LogP contribution in [0.25, 0.3) is 11.0 Å². The molecule has 1 N–H and O–H groups in total. The lowest BCUT2D eigenvalue weighted by Gasteiger charge is -2.08. The highest BCUT2D eigenvalue weighted by molar-refractivity contribution is 9.10. The van der Waals surface area contributed by atoms with Crippen LogP contribution in [0.15, 0.2) is 79.0 Å². The first-order valence-corrected chi connectivity index (χ1v) is 9.23. The van der Waals surface area contributed by atoms with Gasteiger partial charge in [-0.3, -0.25) is 4.79 Å². The van der Waals surface area contributed by atoms with Crippen LogP contribution in [-0.2, 0) is 6.61 Å². The summed E-state index contributed by atoms with van der Waals surface area (Å²) in [7, 11) is 0. The van der Waals surface area contributed by atoms with Crippen LogP contribution >= 0.6 is 15.9 Å². The molecule has 0 saturated heterocycles. The molecular weight excluding hydrogens is 444 g/mol. The minimum atomic E-state index is -1.15. The summed E-state index contributed by atoms with van der Waals surface area (Å²) < 4.78 is 22.6. The molecule has 146 valence electrons. The highest BCUT2D eigenvalue weighted by atomic mass is 79.9. The normalized spacial score (nSPS) is 10.8. The first-order valence-electron chi connectivity index (χ1n) is 8.44. The summed E-state index contributed by atoms with van der Waals surface area (Å²) in [5.74, 6) is 0.0534. The summed E-state index contributed by atoms with van der Waals surface area (Å²) in [4.78, 5) is 23.5. The first-order chi connectivity index (χ1) is 14.0. The maximum atomic E-state index is 12.7. The third-order valence-electron chi connectivity index (χ3n) is 4.02. The Labute approximate surface area is 172 Å². The van der Waals surface area contributed by atoms with E-state index >= 15 is 0 Å². The van der Waals surface area contributed by atoms with E-state index in [4.69, 9.17) is 23.4 Å². The van der Waals surface area contributed by atoms with Gasteiger partial charge in [-0.1, -0.05) is 12.1 Å². The van der Waals surface area contributed by atoms with Gasteiger partial charge in [-0.2, -0.15) is 0 Å². The van der Waals surface area contributed by atoms with Gasteiger partial charge in [-0.05, 0) is 52.3 Å². The van der Waals surface area contributed by atoms with Crippen LogP contribution in [0.5, 0.6) is 17.2 Å². The fourth-order valence-corrected chi connectivity index (χ4v) is 2.99. The van der Waals surface area contributed by atoms with Crippen LogP contribution < -0.4 is 14.9 Å². The van der Waals surface area contributed by atoms with Crippen LogP contribution in [0.1, 0.15) is 16.3 Å². The smallest absolute Gasteiger partial charge is 0.371 e. The van der Waals surface area contributed by atoms with Crippen molar-refractivity contribution in [1.29, 1.82) is 0 Å². The minimum absolute atomic E-state index is 0.0340. The van der Waals surface area contributed by atoms with E-state index in [1.807, 2.05) is 6.07 Å². The van der Waals surface area contributed by atoms with Gasteiger partial charge in [-0.15, -0.1) is 0 Å². The predicted molar refractivity (Wildman–Crippen MR) is 107 cm³/mol. The van der Waals surface area contributed by atoms with Crippen LogP contribution in [0.3, 0.4) is 0 Å². The number of para-hydroxylation sites is 1. The molecule has 0 fully saturated rings. The molecule has 0 spiro atoms. The molecule has 0 amide bonds. The van der Waals surface area contributed by atoms with E-state index in [2.05, 4.69) is 15.9 Å². The summed E-state index contributed by atoms with van der Waals surface area (Å²) in [6.45, 7) is 0.0340. The maximum absolute atomic E-state index is 12.7. The summed E-state index contributed by atoms with van der Waals surface area (Å²) in [6, 6.07) is 14.8. The number of benzene rings is 2.